The molecule has 0 saturated heterocycles. The Hall–Kier alpha value is -1.48. The Bertz CT molecular complexity index is 714. The molecule has 9 heteroatoms. The van der Waals surface area contributed by atoms with E-state index in [9.17, 15) is 8.42 Å². The summed E-state index contributed by atoms with van der Waals surface area (Å²) in [4.78, 5) is 3.96. The van der Waals surface area contributed by atoms with Gasteiger partial charge in [0.25, 0.3) is 0 Å². The van der Waals surface area contributed by atoms with Crippen LogP contribution in [0.25, 0.3) is 0 Å². The Labute approximate surface area is 121 Å². The molecular formula is C11H13ClN4O3S. The first-order chi connectivity index (χ1) is 9.42. The van der Waals surface area contributed by atoms with Crippen LogP contribution in [0, 0.1) is 6.92 Å². The second kappa shape index (κ2) is 5.88. The molecule has 0 saturated carbocycles. The van der Waals surface area contributed by atoms with Crippen molar-refractivity contribution >= 4 is 21.6 Å². The summed E-state index contributed by atoms with van der Waals surface area (Å²) < 4.78 is 31.3. The quantitative estimate of drug-likeness (QED) is 0.850. The maximum atomic E-state index is 12.1. The van der Waals surface area contributed by atoms with Crippen LogP contribution >= 0.6 is 11.6 Å². The van der Waals surface area contributed by atoms with Gasteiger partial charge in [-0.3, -0.25) is 0 Å². The predicted molar refractivity (Wildman–Crippen MR) is 72.4 cm³/mol. The summed E-state index contributed by atoms with van der Waals surface area (Å²) in [7, 11) is -3.69. The Morgan fingerprint density at radius 1 is 1.45 bits per heavy atom. The Morgan fingerprint density at radius 2 is 2.20 bits per heavy atom. The van der Waals surface area contributed by atoms with E-state index in [1.807, 2.05) is 0 Å². The molecule has 0 amide bonds. The number of nitrogens with two attached hydrogens (primary N) is 1. The molecule has 2 rings (SSSR count). The number of sulfonamides is 1. The van der Waals surface area contributed by atoms with Gasteiger partial charge in [-0.25, -0.2) is 13.1 Å². The fourth-order valence-electron chi connectivity index (χ4n) is 1.52. The maximum absolute atomic E-state index is 12.1. The van der Waals surface area contributed by atoms with E-state index in [1.54, 1.807) is 13.0 Å². The van der Waals surface area contributed by atoms with Gasteiger partial charge in [-0.1, -0.05) is 22.8 Å². The van der Waals surface area contributed by atoms with Gasteiger partial charge in [0.15, 0.2) is 5.82 Å². The molecule has 0 unspecified atom stereocenters. The smallest absolute Gasteiger partial charge is 0.241 e. The van der Waals surface area contributed by atoms with Gasteiger partial charge in [0.2, 0.25) is 15.9 Å². The van der Waals surface area contributed by atoms with Crippen molar-refractivity contribution in [3.8, 4) is 0 Å². The first kappa shape index (κ1) is 14.9. The second-order valence-electron chi connectivity index (χ2n) is 4.01. The highest BCUT2D eigenvalue weighted by Crippen LogP contribution is 2.20. The van der Waals surface area contributed by atoms with Crippen LogP contribution in [0.15, 0.2) is 27.6 Å². The van der Waals surface area contributed by atoms with Crippen molar-refractivity contribution in [3.05, 3.63) is 40.5 Å². The highest BCUT2D eigenvalue weighted by atomic mass is 35.5. The number of halogens is 1. The van der Waals surface area contributed by atoms with Crippen LogP contribution in [0.5, 0.6) is 0 Å². The standard InChI is InChI=1S/C11H13ClN4O3S/c1-7-15-11(16-19-7)6-14-20(17,18)9-3-2-8(5-13)10(12)4-9/h2-4,14H,5-6,13H2,1H3. The van der Waals surface area contributed by atoms with Crippen LogP contribution in [-0.4, -0.2) is 18.6 Å². The molecule has 0 spiro atoms. The molecule has 3 N–H and O–H groups in total. The molecule has 0 aliphatic rings. The van der Waals surface area contributed by atoms with Crippen LogP contribution < -0.4 is 10.5 Å². The fraction of sp³-hybridized carbons (Fsp3) is 0.273. The van der Waals surface area contributed by atoms with Crippen LogP contribution in [-0.2, 0) is 23.1 Å². The molecular weight excluding hydrogens is 304 g/mol. The molecule has 0 radical (unpaired) electrons. The van der Waals surface area contributed by atoms with Crippen LogP contribution in [0.1, 0.15) is 17.3 Å². The summed E-state index contributed by atoms with van der Waals surface area (Å²) in [5, 5.41) is 3.91. The van der Waals surface area contributed by atoms with Crippen LogP contribution in [0.2, 0.25) is 5.02 Å². The average molecular weight is 317 g/mol. The van der Waals surface area contributed by atoms with Gasteiger partial charge in [0.05, 0.1) is 11.4 Å². The summed E-state index contributed by atoms with van der Waals surface area (Å²) in [6, 6.07) is 4.38. The molecule has 2 aromatic rings. The summed E-state index contributed by atoms with van der Waals surface area (Å²) >= 11 is 5.94. The lowest BCUT2D eigenvalue weighted by Crippen LogP contribution is -2.24. The van der Waals surface area contributed by atoms with Crippen molar-refractivity contribution in [2.45, 2.75) is 24.9 Å². The van der Waals surface area contributed by atoms with E-state index in [2.05, 4.69) is 14.9 Å². The molecule has 0 bridgehead atoms. The van der Waals surface area contributed by atoms with Crippen molar-refractivity contribution in [1.82, 2.24) is 14.9 Å². The first-order valence-electron chi connectivity index (χ1n) is 5.70. The highest BCUT2D eigenvalue weighted by molar-refractivity contribution is 7.89. The van der Waals surface area contributed by atoms with Crippen LogP contribution in [0.4, 0.5) is 0 Å². The summed E-state index contributed by atoms with van der Waals surface area (Å²) in [6.45, 7) is 1.81. The summed E-state index contributed by atoms with van der Waals surface area (Å²) in [5.74, 6) is 0.630. The molecule has 1 aromatic carbocycles. The molecule has 1 aromatic heterocycles. The second-order valence-corrected chi connectivity index (χ2v) is 6.19. The normalized spacial score (nSPS) is 11.8. The lowest BCUT2D eigenvalue weighted by molar-refractivity contribution is 0.387. The third kappa shape index (κ3) is 3.34. The number of aryl methyl sites for hydroxylation is 1. The predicted octanol–water partition coefficient (Wildman–Crippen LogP) is 0.969. The maximum Gasteiger partial charge on any atom is 0.241 e. The highest BCUT2D eigenvalue weighted by Gasteiger charge is 2.16. The van der Waals surface area contributed by atoms with Gasteiger partial charge < -0.3 is 10.3 Å². The fourth-order valence-corrected chi connectivity index (χ4v) is 2.85. The van der Waals surface area contributed by atoms with Crippen molar-refractivity contribution in [3.63, 3.8) is 0 Å². The number of rotatable bonds is 5. The molecule has 0 atom stereocenters. The summed E-state index contributed by atoms with van der Waals surface area (Å²) in [6.07, 6.45) is 0. The third-order valence-electron chi connectivity index (χ3n) is 2.54. The van der Waals surface area contributed by atoms with Crippen molar-refractivity contribution in [2.75, 3.05) is 0 Å². The van der Waals surface area contributed by atoms with Crippen LogP contribution in [0.3, 0.4) is 0 Å². The van der Waals surface area contributed by atoms with E-state index in [0.29, 0.717) is 16.5 Å². The van der Waals surface area contributed by atoms with Gasteiger partial charge in [0, 0.05) is 18.5 Å². The number of nitrogens with one attached hydrogen (secondary N) is 1. The van der Waals surface area contributed by atoms with E-state index in [-0.39, 0.29) is 23.8 Å². The van der Waals surface area contributed by atoms with Crippen molar-refractivity contribution in [2.24, 2.45) is 5.73 Å². The van der Waals surface area contributed by atoms with E-state index >= 15 is 0 Å². The van der Waals surface area contributed by atoms with E-state index in [0.717, 1.165) is 0 Å². The zero-order valence-electron chi connectivity index (χ0n) is 10.6. The van der Waals surface area contributed by atoms with Crippen molar-refractivity contribution < 1.29 is 12.9 Å². The minimum atomic E-state index is -3.69. The largest absolute Gasteiger partial charge is 0.340 e. The van der Waals surface area contributed by atoms with Gasteiger partial charge >= 0.3 is 0 Å². The molecule has 108 valence electrons. The van der Waals surface area contributed by atoms with Gasteiger partial charge in [0.1, 0.15) is 0 Å². The lowest BCUT2D eigenvalue weighted by Gasteiger charge is -2.07. The minimum Gasteiger partial charge on any atom is -0.340 e. The molecule has 20 heavy (non-hydrogen) atoms. The Kier molecular flexibility index (Phi) is 4.39. The number of aromatic nitrogens is 2. The van der Waals surface area contributed by atoms with Crippen molar-refractivity contribution in [1.29, 1.82) is 0 Å². The monoisotopic (exact) mass is 316 g/mol. The zero-order chi connectivity index (χ0) is 14.8. The SMILES string of the molecule is Cc1nc(CNS(=O)(=O)c2ccc(CN)c(Cl)c2)no1. The number of hydrogen-bond donors (Lipinski definition) is 2. The van der Waals surface area contributed by atoms with Gasteiger partial charge in [-0.2, -0.15) is 4.98 Å². The third-order valence-corrected chi connectivity index (χ3v) is 4.30. The molecule has 0 aliphatic heterocycles. The number of benzene rings is 1. The zero-order valence-corrected chi connectivity index (χ0v) is 12.2. The van der Waals surface area contributed by atoms with E-state index < -0.39 is 10.0 Å². The topological polar surface area (TPSA) is 111 Å². The lowest BCUT2D eigenvalue weighted by atomic mass is 10.2. The molecule has 1 heterocycles. The van der Waals surface area contributed by atoms with Gasteiger partial charge in [-0.05, 0) is 17.7 Å². The van der Waals surface area contributed by atoms with E-state index in [1.165, 1.54) is 12.1 Å². The Morgan fingerprint density at radius 3 is 2.75 bits per heavy atom. The number of nitrogens with zero attached hydrogens (tertiary/aromatic N) is 2. The molecule has 0 fully saturated rings. The molecule has 0 aliphatic carbocycles. The first-order valence-corrected chi connectivity index (χ1v) is 7.56. The molecule has 7 nitrogen and oxygen atoms in total. The average Bonchev–Trinajstić information content (AvgIpc) is 2.82. The Balaban J connectivity index is 2.15. The van der Waals surface area contributed by atoms with E-state index in [4.69, 9.17) is 21.9 Å². The van der Waals surface area contributed by atoms with Gasteiger partial charge in [-0.15, -0.1) is 0 Å². The minimum absolute atomic E-state index is 0.0555. The number of hydrogen-bond acceptors (Lipinski definition) is 6. The summed E-state index contributed by atoms with van der Waals surface area (Å²) in [5.41, 5.74) is 6.15.